The Hall–Kier alpha value is -0.220. The highest BCUT2D eigenvalue weighted by Crippen LogP contribution is 2.35. The van der Waals surface area contributed by atoms with E-state index in [1.807, 2.05) is 7.74 Å². The number of hydrogen-bond acceptors (Lipinski definition) is 3. The summed E-state index contributed by atoms with van der Waals surface area (Å²) in [5.74, 6) is 2.38. The average molecular weight is 321 g/mol. The number of nitrogens with zero attached hydrogens (tertiary/aromatic N) is 1. The summed E-state index contributed by atoms with van der Waals surface area (Å²) in [6.45, 7) is 4.69. The number of thiocarbonyl (C=S) groups is 1. The molecule has 1 aliphatic carbocycles. The van der Waals surface area contributed by atoms with Crippen molar-refractivity contribution in [3.8, 4) is 0 Å². The van der Waals surface area contributed by atoms with E-state index in [0.717, 1.165) is 21.1 Å². The van der Waals surface area contributed by atoms with Crippen LogP contribution in [0.2, 0.25) is 0 Å². The Morgan fingerprint density at radius 2 is 1.95 bits per heavy atom. The monoisotopic (exact) mass is 321 g/mol. The first-order valence-corrected chi connectivity index (χ1v) is 9.50. The molecular formula is C15H25B2NOS2. The third kappa shape index (κ3) is 4.38. The van der Waals surface area contributed by atoms with Gasteiger partial charge in [-0.25, -0.2) is 0 Å². The highest BCUT2D eigenvalue weighted by molar-refractivity contribution is 8.26. The summed E-state index contributed by atoms with van der Waals surface area (Å²) < 4.78 is 0.722. The van der Waals surface area contributed by atoms with Gasteiger partial charge in [0.25, 0.3) is 5.91 Å². The van der Waals surface area contributed by atoms with Crippen molar-refractivity contribution in [2.75, 3.05) is 0 Å². The van der Waals surface area contributed by atoms with Crippen LogP contribution in [0.5, 0.6) is 0 Å². The fourth-order valence-electron chi connectivity index (χ4n) is 3.41. The Kier molecular flexibility index (Phi) is 6.42. The van der Waals surface area contributed by atoms with E-state index in [2.05, 4.69) is 19.9 Å². The van der Waals surface area contributed by atoms with Crippen LogP contribution in [0.3, 0.4) is 0 Å². The maximum Gasteiger partial charge on any atom is 0.252 e. The van der Waals surface area contributed by atoms with Gasteiger partial charge in [0.1, 0.15) is 4.32 Å². The Bertz CT molecular complexity index is 429. The number of rotatable bonds is 3. The Morgan fingerprint density at radius 1 is 1.33 bits per heavy atom. The molecule has 1 heterocycles. The standard InChI is InChI=1S/C15H25B2NOS2/c1-10(2)12-7-3-5-11(6-4-8-12)9-13-14(19)18(17-16)15(20)21-13/h9-12,17H,3-8,16H2,1-2H3/b13-9-. The number of amides is 1. The molecule has 1 aliphatic heterocycles. The highest BCUT2D eigenvalue weighted by atomic mass is 32.2. The Balaban J connectivity index is 1.96. The smallest absolute Gasteiger partial charge is 0.252 e. The number of carbonyl (C=O) groups is 1. The molecule has 2 rings (SSSR count). The molecule has 6 heteroatoms. The summed E-state index contributed by atoms with van der Waals surface area (Å²) in [4.78, 5) is 14.8. The van der Waals surface area contributed by atoms with Gasteiger partial charge in [0.15, 0.2) is 0 Å². The summed E-state index contributed by atoms with van der Waals surface area (Å²) in [6, 6.07) is 0. The maximum atomic E-state index is 12.3. The lowest BCUT2D eigenvalue weighted by Gasteiger charge is -2.25. The topological polar surface area (TPSA) is 20.3 Å². The third-order valence-electron chi connectivity index (χ3n) is 4.82. The molecule has 0 N–H and O–H groups in total. The molecule has 1 saturated carbocycles. The lowest BCUT2D eigenvalue weighted by atomic mass is 9.65. The fourth-order valence-corrected chi connectivity index (χ4v) is 4.86. The second kappa shape index (κ2) is 7.87. The summed E-state index contributed by atoms with van der Waals surface area (Å²) in [7, 11) is 2.66. The van der Waals surface area contributed by atoms with Crippen molar-refractivity contribution in [3.05, 3.63) is 11.0 Å². The fraction of sp³-hybridized carbons (Fsp3) is 0.733. The van der Waals surface area contributed by atoms with Gasteiger partial charge in [-0.15, -0.1) is 0 Å². The quantitative estimate of drug-likeness (QED) is 0.453. The summed E-state index contributed by atoms with van der Waals surface area (Å²) in [6.07, 6.45) is 9.93. The number of carbonyl (C=O) groups excluding carboxylic acids is 1. The zero-order valence-electron chi connectivity index (χ0n) is 13.4. The highest BCUT2D eigenvalue weighted by Gasteiger charge is 2.31. The second-order valence-electron chi connectivity index (χ2n) is 6.57. The third-order valence-corrected chi connectivity index (χ3v) is 6.22. The normalized spacial score (nSPS) is 29.9. The molecule has 2 nitrogen and oxygen atoms in total. The van der Waals surface area contributed by atoms with E-state index in [0.29, 0.717) is 13.2 Å². The van der Waals surface area contributed by atoms with E-state index in [1.165, 1.54) is 50.3 Å². The summed E-state index contributed by atoms with van der Waals surface area (Å²) >= 11 is 6.77. The summed E-state index contributed by atoms with van der Waals surface area (Å²) in [5.41, 5.74) is 0. The molecule has 114 valence electrons. The Labute approximate surface area is 140 Å². The van der Waals surface area contributed by atoms with E-state index in [9.17, 15) is 4.79 Å². The van der Waals surface area contributed by atoms with Gasteiger partial charge in [0.05, 0.1) is 12.6 Å². The van der Waals surface area contributed by atoms with Gasteiger partial charge in [-0.1, -0.05) is 69.6 Å². The van der Waals surface area contributed by atoms with Crippen molar-refractivity contribution < 1.29 is 4.79 Å². The van der Waals surface area contributed by atoms with Crippen molar-refractivity contribution in [2.45, 2.75) is 52.4 Å². The molecule has 1 amide bonds. The van der Waals surface area contributed by atoms with Gasteiger partial charge in [-0.3, -0.25) is 4.79 Å². The van der Waals surface area contributed by atoms with Crippen molar-refractivity contribution >= 4 is 49.2 Å². The molecule has 0 bridgehead atoms. The maximum absolute atomic E-state index is 12.3. The van der Waals surface area contributed by atoms with Crippen LogP contribution in [0.1, 0.15) is 52.4 Å². The lowest BCUT2D eigenvalue weighted by Crippen LogP contribution is -2.32. The van der Waals surface area contributed by atoms with Crippen LogP contribution in [0, 0.1) is 17.8 Å². The van der Waals surface area contributed by atoms with Crippen LogP contribution in [-0.4, -0.2) is 30.1 Å². The molecule has 0 aromatic heterocycles. The molecule has 2 fully saturated rings. The van der Waals surface area contributed by atoms with Gasteiger partial charge in [-0.05, 0) is 30.6 Å². The van der Waals surface area contributed by atoms with Crippen molar-refractivity contribution in [2.24, 2.45) is 17.8 Å². The van der Waals surface area contributed by atoms with Crippen LogP contribution in [-0.2, 0) is 4.79 Å². The molecule has 0 atom stereocenters. The molecule has 2 aliphatic rings. The first-order chi connectivity index (χ1) is 10.0. The SMILES string of the molecule is BBN1C(=O)/C(=C/C2CCCC(C(C)C)CCC2)SC1=S. The van der Waals surface area contributed by atoms with Crippen LogP contribution in [0.15, 0.2) is 11.0 Å². The van der Waals surface area contributed by atoms with Gasteiger partial charge in [0, 0.05) is 0 Å². The largest absolute Gasteiger partial charge is 0.351 e. The zero-order valence-corrected chi connectivity index (χ0v) is 15.1. The van der Waals surface area contributed by atoms with Gasteiger partial charge in [-0.2, -0.15) is 0 Å². The van der Waals surface area contributed by atoms with E-state index >= 15 is 0 Å². The number of allylic oxidation sites excluding steroid dienone is 1. The van der Waals surface area contributed by atoms with Crippen molar-refractivity contribution in [1.82, 2.24) is 4.81 Å². The summed E-state index contributed by atoms with van der Waals surface area (Å²) in [5, 5.41) is 0. The van der Waals surface area contributed by atoms with Crippen LogP contribution in [0.25, 0.3) is 0 Å². The van der Waals surface area contributed by atoms with Gasteiger partial charge >= 0.3 is 0 Å². The second-order valence-corrected chi connectivity index (χ2v) is 8.25. The van der Waals surface area contributed by atoms with Crippen LogP contribution < -0.4 is 0 Å². The minimum Gasteiger partial charge on any atom is -0.351 e. The molecule has 1 saturated heterocycles. The van der Waals surface area contributed by atoms with Gasteiger partial charge < -0.3 is 4.81 Å². The van der Waals surface area contributed by atoms with E-state index in [4.69, 9.17) is 12.2 Å². The van der Waals surface area contributed by atoms with Gasteiger partial charge in [0.2, 0.25) is 7.31 Å². The van der Waals surface area contributed by atoms with E-state index in [-0.39, 0.29) is 5.91 Å². The molecule has 0 unspecified atom stereocenters. The predicted molar refractivity (Wildman–Crippen MR) is 100 cm³/mol. The van der Waals surface area contributed by atoms with Crippen molar-refractivity contribution in [3.63, 3.8) is 0 Å². The molecular weight excluding hydrogens is 296 g/mol. The average Bonchev–Trinajstić information content (AvgIpc) is 2.66. The minimum absolute atomic E-state index is 0.120. The zero-order chi connectivity index (χ0) is 15.4. The number of thioether (sulfide) groups is 1. The van der Waals surface area contributed by atoms with E-state index < -0.39 is 0 Å². The Morgan fingerprint density at radius 3 is 2.43 bits per heavy atom. The lowest BCUT2D eigenvalue weighted by molar-refractivity contribution is -0.119. The minimum atomic E-state index is 0.120. The molecule has 21 heavy (non-hydrogen) atoms. The molecule has 0 spiro atoms. The van der Waals surface area contributed by atoms with Crippen LogP contribution >= 0.6 is 24.0 Å². The van der Waals surface area contributed by atoms with E-state index in [1.54, 1.807) is 4.81 Å². The van der Waals surface area contributed by atoms with Crippen molar-refractivity contribution in [1.29, 1.82) is 0 Å². The molecule has 0 aromatic rings. The molecule has 0 radical (unpaired) electrons. The predicted octanol–water partition coefficient (Wildman–Crippen LogP) is 2.87. The first-order valence-electron chi connectivity index (χ1n) is 8.28. The molecule has 0 aromatic carbocycles. The van der Waals surface area contributed by atoms with Crippen LogP contribution in [0.4, 0.5) is 0 Å². The number of hydrogen-bond donors (Lipinski definition) is 0. The first kappa shape index (κ1) is 17.1.